The minimum atomic E-state index is 1.17. The quantitative estimate of drug-likeness (QED) is 0.319. The van der Waals surface area contributed by atoms with Gasteiger partial charge < -0.3 is 0 Å². The van der Waals surface area contributed by atoms with E-state index in [1.165, 1.54) is 19.3 Å². The Balaban J connectivity index is 2.91. The van der Waals surface area contributed by atoms with Crippen LogP contribution in [-0.2, 0) is 0 Å². The summed E-state index contributed by atoms with van der Waals surface area (Å²) in [6.07, 6.45) is 7.74. The SMILES string of the molecule is CCCCC=CC=S. The topological polar surface area (TPSA) is 0 Å². The van der Waals surface area contributed by atoms with Gasteiger partial charge in [-0.25, -0.2) is 0 Å². The molecule has 0 aromatic heterocycles. The van der Waals surface area contributed by atoms with Crippen molar-refractivity contribution in [1.29, 1.82) is 0 Å². The summed E-state index contributed by atoms with van der Waals surface area (Å²) < 4.78 is 0. The molecule has 46 valence electrons. The average molecular weight is 128 g/mol. The molecule has 0 spiro atoms. The van der Waals surface area contributed by atoms with Crippen molar-refractivity contribution >= 4 is 17.6 Å². The van der Waals surface area contributed by atoms with Crippen molar-refractivity contribution in [3.63, 3.8) is 0 Å². The van der Waals surface area contributed by atoms with E-state index in [0.29, 0.717) is 0 Å². The van der Waals surface area contributed by atoms with Gasteiger partial charge in [-0.3, -0.25) is 0 Å². The minimum Gasteiger partial charge on any atom is -0.0887 e. The molecule has 0 unspecified atom stereocenters. The molecule has 0 nitrogen and oxygen atoms in total. The molecule has 0 N–H and O–H groups in total. The summed E-state index contributed by atoms with van der Waals surface area (Å²) in [6, 6.07) is 0. The fourth-order valence-electron chi connectivity index (χ4n) is 0.474. The van der Waals surface area contributed by atoms with Crippen LogP contribution >= 0.6 is 12.2 Å². The smallest absolute Gasteiger partial charge is 0.00103 e. The van der Waals surface area contributed by atoms with Crippen LogP contribution in [0.3, 0.4) is 0 Å². The monoisotopic (exact) mass is 128 g/mol. The second kappa shape index (κ2) is 6.83. The van der Waals surface area contributed by atoms with Crippen LogP contribution in [0.4, 0.5) is 0 Å². The van der Waals surface area contributed by atoms with Crippen LogP contribution in [0.5, 0.6) is 0 Å². The lowest BCUT2D eigenvalue weighted by atomic mass is 10.2. The van der Waals surface area contributed by atoms with Crippen LogP contribution < -0.4 is 0 Å². The lowest BCUT2D eigenvalue weighted by molar-refractivity contribution is 0.815. The van der Waals surface area contributed by atoms with Gasteiger partial charge in [-0.05, 0) is 6.42 Å². The van der Waals surface area contributed by atoms with Gasteiger partial charge in [0.1, 0.15) is 0 Å². The molecule has 0 aromatic rings. The summed E-state index contributed by atoms with van der Waals surface area (Å²) in [7, 11) is 0. The highest BCUT2D eigenvalue weighted by Crippen LogP contribution is 1.93. The molecule has 0 fully saturated rings. The Hall–Kier alpha value is -0.170. The number of allylic oxidation sites excluding steroid dienone is 2. The molecule has 0 rings (SSSR count). The maximum absolute atomic E-state index is 4.59. The van der Waals surface area contributed by atoms with Crippen molar-refractivity contribution in [2.45, 2.75) is 26.2 Å². The highest BCUT2D eigenvalue weighted by Gasteiger charge is 1.74. The van der Waals surface area contributed by atoms with E-state index < -0.39 is 0 Å². The summed E-state index contributed by atoms with van der Waals surface area (Å²) in [5.74, 6) is 0. The van der Waals surface area contributed by atoms with Gasteiger partial charge in [-0.15, -0.1) is 0 Å². The highest BCUT2D eigenvalue weighted by atomic mass is 32.1. The maximum atomic E-state index is 4.59. The fraction of sp³-hybridized carbons (Fsp3) is 0.571. The lowest BCUT2D eigenvalue weighted by Crippen LogP contribution is -1.65. The number of hydrogen-bond donors (Lipinski definition) is 0. The first-order valence-electron chi connectivity index (χ1n) is 3.02. The van der Waals surface area contributed by atoms with Crippen molar-refractivity contribution in [1.82, 2.24) is 0 Å². The summed E-state index contributed by atoms with van der Waals surface area (Å²) in [4.78, 5) is 0. The largest absolute Gasteiger partial charge is 0.0887 e. The molecule has 1 heteroatoms. The molecule has 0 aliphatic rings. The van der Waals surface area contributed by atoms with E-state index in [0.717, 1.165) is 0 Å². The molecule has 0 aliphatic carbocycles. The number of rotatable bonds is 4. The van der Waals surface area contributed by atoms with Crippen molar-refractivity contribution in [3.8, 4) is 0 Å². The normalized spacial score (nSPS) is 10.1. The van der Waals surface area contributed by atoms with Crippen molar-refractivity contribution in [2.75, 3.05) is 0 Å². The predicted octanol–water partition coefficient (Wildman–Crippen LogP) is 2.73. The van der Waals surface area contributed by atoms with Crippen molar-refractivity contribution < 1.29 is 0 Å². The summed E-state index contributed by atoms with van der Waals surface area (Å²) in [6.45, 7) is 2.19. The molecule has 8 heavy (non-hydrogen) atoms. The van der Waals surface area contributed by atoms with Crippen molar-refractivity contribution in [3.05, 3.63) is 12.2 Å². The van der Waals surface area contributed by atoms with Gasteiger partial charge in [-0.1, -0.05) is 44.1 Å². The molecule has 0 radical (unpaired) electrons. The lowest BCUT2D eigenvalue weighted by Gasteiger charge is -1.83. The molecular formula is C7H12S. The molecule has 0 saturated carbocycles. The molecule has 0 atom stereocenters. The van der Waals surface area contributed by atoms with Gasteiger partial charge in [0.25, 0.3) is 0 Å². The molecule has 0 aromatic carbocycles. The summed E-state index contributed by atoms with van der Waals surface area (Å²) >= 11 is 4.59. The Bertz CT molecular complexity index is 74.5. The van der Waals surface area contributed by atoms with Gasteiger partial charge in [0, 0.05) is 5.37 Å². The number of thiocarbonyl (C=S) groups is 1. The number of hydrogen-bond acceptors (Lipinski definition) is 1. The predicted molar refractivity (Wildman–Crippen MR) is 42.3 cm³/mol. The zero-order valence-corrected chi connectivity index (χ0v) is 6.08. The van der Waals surface area contributed by atoms with E-state index in [-0.39, 0.29) is 0 Å². The Labute approximate surface area is 56.6 Å². The van der Waals surface area contributed by atoms with E-state index in [1.54, 1.807) is 5.37 Å². The summed E-state index contributed by atoms with van der Waals surface area (Å²) in [5, 5.41) is 1.65. The molecule has 0 amide bonds. The molecule has 0 aliphatic heterocycles. The van der Waals surface area contributed by atoms with Crippen LogP contribution in [-0.4, -0.2) is 5.37 Å². The second-order valence-electron chi connectivity index (χ2n) is 1.71. The van der Waals surface area contributed by atoms with E-state index >= 15 is 0 Å². The van der Waals surface area contributed by atoms with Gasteiger partial charge in [0.15, 0.2) is 0 Å². The van der Waals surface area contributed by atoms with Gasteiger partial charge >= 0.3 is 0 Å². The first-order chi connectivity index (χ1) is 3.91. The molecule has 0 heterocycles. The van der Waals surface area contributed by atoms with E-state index in [9.17, 15) is 0 Å². The van der Waals surface area contributed by atoms with Crippen LogP contribution in [0.1, 0.15) is 26.2 Å². The Kier molecular flexibility index (Phi) is 6.68. The number of unbranched alkanes of at least 4 members (excludes halogenated alkanes) is 2. The van der Waals surface area contributed by atoms with Crippen molar-refractivity contribution in [2.24, 2.45) is 0 Å². The molecule has 0 saturated heterocycles. The third kappa shape index (κ3) is 5.83. The Morgan fingerprint density at radius 2 is 2.25 bits per heavy atom. The standard InChI is InChI=1S/C7H12S/c1-2-3-4-5-6-7-8/h5-7H,2-4H2,1H3. The fourth-order valence-corrected chi connectivity index (χ4v) is 0.585. The summed E-state index contributed by atoms with van der Waals surface area (Å²) in [5.41, 5.74) is 0. The average Bonchev–Trinajstić information content (AvgIpc) is 1.81. The minimum absolute atomic E-state index is 1.17. The van der Waals surface area contributed by atoms with E-state index in [1.807, 2.05) is 6.08 Å². The molecular weight excluding hydrogens is 116 g/mol. The Morgan fingerprint density at radius 1 is 1.50 bits per heavy atom. The third-order valence-electron chi connectivity index (χ3n) is 0.939. The molecule has 0 bridgehead atoms. The van der Waals surface area contributed by atoms with Gasteiger partial charge in [0.2, 0.25) is 0 Å². The van der Waals surface area contributed by atoms with E-state index in [2.05, 4.69) is 25.2 Å². The van der Waals surface area contributed by atoms with Gasteiger partial charge in [-0.2, -0.15) is 0 Å². The van der Waals surface area contributed by atoms with Crippen LogP contribution in [0.15, 0.2) is 12.2 Å². The van der Waals surface area contributed by atoms with Gasteiger partial charge in [0.05, 0.1) is 0 Å². The first-order valence-corrected chi connectivity index (χ1v) is 3.49. The zero-order valence-electron chi connectivity index (χ0n) is 5.26. The maximum Gasteiger partial charge on any atom is 0.00103 e. The van der Waals surface area contributed by atoms with Crippen LogP contribution in [0.2, 0.25) is 0 Å². The first kappa shape index (κ1) is 7.83. The van der Waals surface area contributed by atoms with Crippen LogP contribution in [0.25, 0.3) is 0 Å². The third-order valence-corrected chi connectivity index (χ3v) is 1.10. The zero-order chi connectivity index (χ0) is 6.24. The van der Waals surface area contributed by atoms with Crippen LogP contribution in [0, 0.1) is 0 Å². The van der Waals surface area contributed by atoms with E-state index in [4.69, 9.17) is 0 Å². The highest BCUT2D eigenvalue weighted by molar-refractivity contribution is 7.79. The Morgan fingerprint density at radius 3 is 2.75 bits per heavy atom. The second-order valence-corrected chi connectivity index (χ2v) is 1.98.